The Morgan fingerprint density at radius 3 is 2.73 bits per heavy atom. The second kappa shape index (κ2) is 7.60. The predicted molar refractivity (Wildman–Crippen MR) is 91.7 cm³/mol. The molecule has 0 aliphatic heterocycles. The van der Waals surface area contributed by atoms with E-state index in [9.17, 15) is 0 Å². The summed E-state index contributed by atoms with van der Waals surface area (Å²) in [6, 6.07) is 0. The first-order chi connectivity index (χ1) is 10.5. The first-order valence-corrected chi connectivity index (χ1v) is 8.04. The van der Waals surface area contributed by atoms with Crippen LogP contribution in [-0.2, 0) is 26.2 Å². The van der Waals surface area contributed by atoms with E-state index in [1.807, 2.05) is 40.6 Å². The number of aryl methyl sites for hydroxylation is 2. The standard InChI is InChI=1S/C14H21ClN6S/c1-4-20-9-11(7-17-20)6-16-14(22)19(3)10-13-12(15)8-18-21(13)5-2/h7-9H,4-6,10H2,1-3H3,(H,16,22). The summed E-state index contributed by atoms with van der Waals surface area (Å²) in [5, 5.41) is 13.1. The van der Waals surface area contributed by atoms with Crippen molar-refractivity contribution in [3.8, 4) is 0 Å². The first kappa shape index (κ1) is 16.8. The maximum Gasteiger partial charge on any atom is 0.169 e. The third kappa shape index (κ3) is 3.98. The smallest absolute Gasteiger partial charge is 0.169 e. The van der Waals surface area contributed by atoms with Crippen molar-refractivity contribution < 1.29 is 0 Å². The van der Waals surface area contributed by atoms with E-state index in [0.29, 0.717) is 23.2 Å². The zero-order chi connectivity index (χ0) is 16.1. The lowest BCUT2D eigenvalue weighted by Crippen LogP contribution is -2.36. The normalized spacial score (nSPS) is 10.7. The maximum absolute atomic E-state index is 6.18. The summed E-state index contributed by atoms with van der Waals surface area (Å²) in [7, 11) is 1.94. The third-order valence-electron chi connectivity index (χ3n) is 3.39. The van der Waals surface area contributed by atoms with Crippen molar-refractivity contribution in [1.29, 1.82) is 0 Å². The van der Waals surface area contributed by atoms with Crippen LogP contribution in [0.1, 0.15) is 25.1 Å². The number of nitrogens with zero attached hydrogens (tertiary/aromatic N) is 5. The summed E-state index contributed by atoms with van der Waals surface area (Å²) in [5.74, 6) is 0. The second-order valence-electron chi connectivity index (χ2n) is 4.97. The van der Waals surface area contributed by atoms with Gasteiger partial charge in [0, 0.05) is 38.4 Å². The van der Waals surface area contributed by atoms with Gasteiger partial charge in [0.15, 0.2) is 5.11 Å². The van der Waals surface area contributed by atoms with Crippen molar-refractivity contribution in [3.05, 3.63) is 34.9 Å². The molecule has 0 bridgehead atoms. The molecule has 0 aliphatic rings. The largest absolute Gasteiger partial charge is 0.358 e. The molecule has 0 unspecified atom stereocenters. The number of halogens is 1. The van der Waals surface area contributed by atoms with E-state index < -0.39 is 0 Å². The van der Waals surface area contributed by atoms with Crippen LogP contribution in [0.25, 0.3) is 0 Å². The van der Waals surface area contributed by atoms with E-state index in [2.05, 4.69) is 22.4 Å². The molecule has 0 radical (unpaired) electrons. The fourth-order valence-corrected chi connectivity index (χ4v) is 2.43. The number of rotatable bonds is 6. The number of aromatic nitrogens is 4. The molecule has 120 valence electrons. The van der Waals surface area contributed by atoms with Gasteiger partial charge in [-0.2, -0.15) is 10.2 Å². The van der Waals surface area contributed by atoms with Crippen molar-refractivity contribution >= 4 is 28.9 Å². The molecule has 0 fully saturated rings. The van der Waals surface area contributed by atoms with Gasteiger partial charge < -0.3 is 10.2 Å². The minimum Gasteiger partial charge on any atom is -0.358 e. The van der Waals surface area contributed by atoms with Crippen LogP contribution < -0.4 is 5.32 Å². The van der Waals surface area contributed by atoms with Gasteiger partial charge >= 0.3 is 0 Å². The summed E-state index contributed by atoms with van der Waals surface area (Å²) in [6.07, 6.45) is 5.53. The fourth-order valence-electron chi connectivity index (χ4n) is 2.10. The van der Waals surface area contributed by atoms with Crippen LogP contribution >= 0.6 is 23.8 Å². The molecule has 6 nitrogen and oxygen atoms in total. The highest BCUT2D eigenvalue weighted by molar-refractivity contribution is 7.80. The molecular weight excluding hydrogens is 320 g/mol. The van der Waals surface area contributed by atoms with Crippen molar-refractivity contribution in [2.45, 2.75) is 40.0 Å². The molecule has 0 saturated carbocycles. The van der Waals surface area contributed by atoms with Crippen LogP contribution in [0.4, 0.5) is 0 Å². The Kier molecular flexibility index (Phi) is 5.79. The van der Waals surface area contributed by atoms with Crippen LogP contribution in [0.5, 0.6) is 0 Å². The van der Waals surface area contributed by atoms with Gasteiger partial charge in [0.2, 0.25) is 0 Å². The molecule has 1 N–H and O–H groups in total. The highest BCUT2D eigenvalue weighted by Crippen LogP contribution is 2.16. The van der Waals surface area contributed by atoms with Gasteiger partial charge in [-0.25, -0.2) is 0 Å². The van der Waals surface area contributed by atoms with E-state index in [4.69, 9.17) is 23.8 Å². The third-order valence-corrected chi connectivity index (χ3v) is 4.16. The van der Waals surface area contributed by atoms with Crippen molar-refractivity contribution in [1.82, 2.24) is 29.8 Å². The maximum atomic E-state index is 6.18. The van der Waals surface area contributed by atoms with Crippen LogP contribution in [0.3, 0.4) is 0 Å². The molecular formula is C14H21ClN6S. The molecule has 2 aromatic rings. The quantitative estimate of drug-likeness (QED) is 0.818. The summed E-state index contributed by atoms with van der Waals surface area (Å²) in [4.78, 5) is 1.95. The highest BCUT2D eigenvalue weighted by Gasteiger charge is 2.12. The van der Waals surface area contributed by atoms with Gasteiger partial charge in [-0.1, -0.05) is 11.6 Å². The summed E-state index contributed by atoms with van der Waals surface area (Å²) in [5.41, 5.74) is 2.07. The average Bonchev–Trinajstić information content (AvgIpc) is 3.12. The Morgan fingerprint density at radius 1 is 1.32 bits per heavy atom. The van der Waals surface area contributed by atoms with Gasteiger partial charge in [0.25, 0.3) is 0 Å². The molecule has 0 spiro atoms. The molecule has 2 rings (SSSR count). The van der Waals surface area contributed by atoms with Gasteiger partial charge in [-0.3, -0.25) is 9.36 Å². The van der Waals surface area contributed by atoms with Gasteiger partial charge in [0.05, 0.1) is 29.7 Å². The topological polar surface area (TPSA) is 50.9 Å². The van der Waals surface area contributed by atoms with Crippen molar-refractivity contribution in [2.24, 2.45) is 0 Å². The van der Waals surface area contributed by atoms with Crippen molar-refractivity contribution in [2.75, 3.05) is 7.05 Å². The molecule has 0 amide bonds. The van der Waals surface area contributed by atoms with Crippen LogP contribution in [0.2, 0.25) is 5.02 Å². The Balaban J connectivity index is 1.90. The molecule has 2 aromatic heterocycles. The van der Waals surface area contributed by atoms with E-state index in [-0.39, 0.29) is 0 Å². The molecule has 0 aliphatic carbocycles. The molecule has 22 heavy (non-hydrogen) atoms. The molecule has 2 heterocycles. The van der Waals surface area contributed by atoms with Gasteiger partial charge in [0.1, 0.15) is 0 Å². The van der Waals surface area contributed by atoms with Crippen LogP contribution in [0.15, 0.2) is 18.6 Å². The Morgan fingerprint density at radius 2 is 2.09 bits per heavy atom. The van der Waals surface area contributed by atoms with Gasteiger partial charge in [-0.05, 0) is 26.1 Å². The lowest BCUT2D eigenvalue weighted by Gasteiger charge is -2.21. The van der Waals surface area contributed by atoms with Crippen LogP contribution in [-0.4, -0.2) is 36.6 Å². The van der Waals surface area contributed by atoms with E-state index in [1.165, 1.54) is 0 Å². The Bertz CT molecular complexity index is 635. The molecule has 0 atom stereocenters. The van der Waals surface area contributed by atoms with E-state index in [0.717, 1.165) is 24.3 Å². The zero-order valence-electron chi connectivity index (χ0n) is 13.1. The highest BCUT2D eigenvalue weighted by atomic mass is 35.5. The monoisotopic (exact) mass is 340 g/mol. The van der Waals surface area contributed by atoms with Gasteiger partial charge in [-0.15, -0.1) is 0 Å². The molecule has 8 heteroatoms. The average molecular weight is 341 g/mol. The Labute approximate surface area is 141 Å². The lowest BCUT2D eigenvalue weighted by atomic mass is 10.3. The number of hydrogen-bond acceptors (Lipinski definition) is 3. The fraction of sp³-hybridized carbons (Fsp3) is 0.500. The first-order valence-electron chi connectivity index (χ1n) is 7.25. The minimum absolute atomic E-state index is 0.618. The Hall–Kier alpha value is -1.60. The summed E-state index contributed by atoms with van der Waals surface area (Å²) < 4.78 is 3.77. The zero-order valence-corrected chi connectivity index (χ0v) is 14.7. The minimum atomic E-state index is 0.618. The SMILES string of the molecule is CCn1cc(CNC(=S)N(C)Cc2c(Cl)cnn2CC)cn1. The number of thiocarbonyl (C=S) groups is 1. The summed E-state index contributed by atoms with van der Waals surface area (Å²) in [6.45, 7) is 7.02. The molecule has 0 aromatic carbocycles. The van der Waals surface area contributed by atoms with Crippen LogP contribution in [0, 0.1) is 0 Å². The second-order valence-corrected chi connectivity index (χ2v) is 5.77. The number of nitrogens with one attached hydrogen (secondary N) is 1. The van der Waals surface area contributed by atoms with Crippen molar-refractivity contribution in [3.63, 3.8) is 0 Å². The lowest BCUT2D eigenvalue weighted by molar-refractivity contribution is 0.457. The summed E-state index contributed by atoms with van der Waals surface area (Å²) >= 11 is 11.6. The molecule has 0 saturated heterocycles. The van der Waals surface area contributed by atoms with E-state index >= 15 is 0 Å². The van der Waals surface area contributed by atoms with E-state index in [1.54, 1.807) is 6.20 Å². The number of hydrogen-bond donors (Lipinski definition) is 1. The predicted octanol–water partition coefficient (Wildman–Crippen LogP) is 2.28.